The summed E-state index contributed by atoms with van der Waals surface area (Å²) >= 11 is 0. The van der Waals surface area contributed by atoms with Crippen molar-refractivity contribution in [2.75, 3.05) is 31.6 Å². The number of likely N-dealkylation sites (N-methyl/N-ethyl adjacent to an activating group) is 1. The van der Waals surface area contributed by atoms with E-state index in [1.807, 2.05) is 44.3 Å². The van der Waals surface area contributed by atoms with E-state index in [4.69, 9.17) is 4.74 Å². The summed E-state index contributed by atoms with van der Waals surface area (Å²) in [5.41, 5.74) is 1.58. The number of carbonyl (C=O) groups is 1. The molecule has 1 amide bonds. The number of amides is 1. The molecule has 0 unspecified atom stereocenters. The number of nitrogens with zero attached hydrogens (tertiary/aromatic N) is 2. The van der Waals surface area contributed by atoms with Gasteiger partial charge in [0.1, 0.15) is 5.56 Å². The van der Waals surface area contributed by atoms with Gasteiger partial charge in [0.2, 0.25) is 5.88 Å². The highest BCUT2D eigenvalue weighted by atomic mass is 16.5. The van der Waals surface area contributed by atoms with Gasteiger partial charge < -0.3 is 15.0 Å². The molecule has 0 fully saturated rings. The summed E-state index contributed by atoms with van der Waals surface area (Å²) in [6, 6.07) is 13.5. The van der Waals surface area contributed by atoms with E-state index in [0.717, 1.165) is 12.2 Å². The lowest BCUT2D eigenvalue weighted by Gasteiger charge is -2.19. The van der Waals surface area contributed by atoms with E-state index in [2.05, 4.69) is 15.2 Å². The monoisotopic (exact) mass is 299 g/mol. The van der Waals surface area contributed by atoms with Gasteiger partial charge in [-0.3, -0.25) is 4.79 Å². The molecular formula is C17H21N3O2. The molecule has 1 N–H and O–H groups in total. The van der Waals surface area contributed by atoms with Crippen LogP contribution in [0.25, 0.3) is 0 Å². The second-order valence-corrected chi connectivity index (χ2v) is 4.80. The molecule has 0 saturated heterocycles. The van der Waals surface area contributed by atoms with Crippen molar-refractivity contribution < 1.29 is 9.53 Å². The molecule has 1 heterocycles. The maximum atomic E-state index is 12.2. The van der Waals surface area contributed by atoms with Crippen LogP contribution >= 0.6 is 0 Å². The summed E-state index contributed by atoms with van der Waals surface area (Å²) < 4.78 is 5.37. The van der Waals surface area contributed by atoms with Crippen LogP contribution in [0.15, 0.2) is 48.7 Å². The number of rotatable bonds is 7. The third-order valence-corrected chi connectivity index (χ3v) is 3.23. The molecule has 0 atom stereocenters. The van der Waals surface area contributed by atoms with Crippen molar-refractivity contribution in [1.82, 2.24) is 10.3 Å². The summed E-state index contributed by atoms with van der Waals surface area (Å²) in [5.74, 6) is 0.205. The summed E-state index contributed by atoms with van der Waals surface area (Å²) in [5, 5.41) is 2.90. The Bertz CT molecular complexity index is 602. The summed E-state index contributed by atoms with van der Waals surface area (Å²) in [6.45, 7) is 3.61. The van der Waals surface area contributed by atoms with Crippen LogP contribution in [0.3, 0.4) is 0 Å². The van der Waals surface area contributed by atoms with E-state index in [1.165, 1.54) is 0 Å². The number of aromatic nitrogens is 1. The van der Waals surface area contributed by atoms with Crippen LogP contribution in [0, 0.1) is 0 Å². The summed E-state index contributed by atoms with van der Waals surface area (Å²) in [6.07, 6.45) is 1.62. The van der Waals surface area contributed by atoms with Crippen molar-refractivity contribution in [2.24, 2.45) is 0 Å². The first-order valence-electron chi connectivity index (χ1n) is 7.34. The number of pyridine rings is 1. The quantitative estimate of drug-likeness (QED) is 0.852. The van der Waals surface area contributed by atoms with E-state index >= 15 is 0 Å². The minimum Gasteiger partial charge on any atom is -0.477 e. The molecule has 0 radical (unpaired) electrons. The highest BCUT2D eigenvalue weighted by Gasteiger charge is 2.12. The van der Waals surface area contributed by atoms with Crippen LogP contribution in [-0.4, -0.2) is 37.6 Å². The fraction of sp³-hybridized carbons (Fsp3) is 0.294. The highest BCUT2D eigenvalue weighted by Crippen LogP contribution is 2.14. The molecule has 1 aromatic carbocycles. The van der Waals surface area contributed by atoms with E-state index in [9.17, 15) is 4.79 Å². The average molecular weight is 299 g/mol. The fourth-order valence-electron chi connectivity index (χ4n) is 2.06. The Morgan fingerprint density at radius 2 is 2.00 bits per heavy atom. The molecule has 0 aliphatic heterocycles. The minimum atomic E-state index is -0.169. The molecule has 5 nitrogen and oxygen atoms in total. The number of nitrogens with one attached hydrogen (secondary N) is 1. The minimum absolute atomic E-state index is 0.169. The fourth-order valence-corrected chi connectivity index (χ4v) is 2.06. The normalized spacial score (nSPS) is 10.1. The molecule has 22 heavy (non-hydrogen) atoms. The first-order chi connectivity index (χ1) is 10.7. The van der Waals surface area contributed by atoms with Crippen LogP contribution < -0.4 is 15.0 Å². The van der Waals surface area contributed by atoms with Crippen molar-refractivity contribution >= 4 is 11.6 Å². The SMILES string of the molecule is CCOc1ncccc1C(=O)NCCN(C)c1ccccc1. The van der Waals surface area contributed by atoms with Gasteiger partial charge in [-0.2, -0.15) is 0 Å². The Kier molecular flexibility index (Phi) is 5.77. The number of anilines is 1. The molecule has 5 heteroatoms. The number of hydrogen-bond acceptors (Lipinski definition) is 4. The van der Waals surface area contributed by atoms with Gasteiger partial charge in [-0.05, 0) is 31.2 Å². The van der Waals surface area contributed by atoms with E-state index in [1.54, 1.807) is 18.3 Å². The topological polar surface area (TPSA) is 54.5 Å². The van der Waals surface area contributed by atoms with Crippen molar-refractivity contribution in [3.05, 3.63) is 54.2 Å². The van der Waals surface area contributed by atoms with Crippen molar-refractivity contribution in [1.29, 1.82) is 0 Å². The van der Waals surface area contributed by atoms with Crippen LogP contribution in [0.1, 0.15) is 17.3 Å². The van der Waals surface area contributed by atoms with Gasteiger partial charge >= 0.3 is 0 Å². The van der Waals surface area contributed by atoms with Gasteiger partial charge in [0.05, 0.1) is 6.61 Å². The Balaban J connectivity index is 1.88. The Labute approximate surface area is 130 Å². The molecule has 0 aliphatic carbocycles. The summed E-state index contributed by atoms with van der Waals surface area (Å²) in [7, 11) is 2.00. The third-order valence-electron chi connectivity index (χ3n) is 3.23. The summed E-state index contributed by atoms with van der Waals surface area (Å²) in [4.78, 5) is 18.4. The molecule has 2 rings (SSSR count). The lowest BCUT2D eigenvalue weighted by Crippen LogP contribution is -2.33. The van der Waals surface area contributed by atoms with E-state index in [0.29, 0.717) is 24.6 Å². The molecule has 0 bridgehead atoms. The average Bonchev–Trinajstić information content (AvgIpc) is 2.56. The van der Waals surface area contributed by atoms with Gasteiger partial charge in [-0.15, -0.1) is 0 Å². The third kappa shape index (κ3) is 4.22. The number of para-hydroxylation sites is 1. The van der Waals surface area contributed by atoms with Gasteiger partial charge in [-0.1, -0.05) is 18.2 Å². The van der Waals surface area contributed by atoms with Gasteiger partial charge in [0, 0.05) is 32.0 Å². The van der Waals surface area contributed by atoms with Crippen LogP contribution in [0.2, 0.25) is 0 Å². The predicted molar refractivity (Wildman–Crippen MR) is 87.5 cm³/mol. The van der Waals surface area contributed by atoms with E-state index in [-0.39, 0.29) is 5.91 Å². The molecular weight excluding hydrogens is 278 g/mol. The van der Waals surface area contributed by atoms with Gasteiger partial charge in [0.25, 0.3) is 5.91 Å². The van der Waals surface area contributed by atoms with Crippen LogP contribution in [0.5, 0.6) is 5.88 Å². The maximum Gasteiger partial charge on any atom is 0.256 e. The Morgan fingerprint density at radius 3 is 2.73 bits per heavy atom. The zero-order valence-corrected chi connectivity index (χ0v) is 13.0. The smallest absolute Gasteiger partial charge is 0.256 e. The van der Waals surface area contributed by atoms with Crippen molar-refractivity contribution in [2.45, 2.75) is 6.92 Å². The van der Waals surface area contributed by atoms with Crippen molar-refractivity contribution in [3.63, 3.8) is 0 Å². The van der Waals surface area contributed by atoms with Gasteiger partial charge in [-0.25, -0.2) is 4.98 Å². The molecule has 2 aromatic rings. The predicted octanol–water partition coefficient (Wildman–Crippen LogP) is 2.35. The molecule has 1 aromatic heterocycles. The first-order valence-corrected chi connectivity index (χ1v) is 7.34. The molecule has 0 aliphatic rings. The Morgan fingerprint density at radius 1 is 1.23 bits per heavy atom. The largest absolute Gasteiger partial charge is 0.477 e. The maximum absolute atomic E-state index is 12.2. The zero-order valence-electron chi connectivity index (χ0n) is 13.0. The zero-order chi connectivity index (χ0) is 15.8. The lowest BCUT2D eigenvalue weighted by atomic mass is 10.2. The first kappa shape index (κ1) is 15.8. The molecule has 0 saturated carbocycles. The van der Waals surface area contributed by atoms with Crippen LogP contribution in [-0.2, 0) is 0 Å². The molecule has 0 spiro atoms. The highest BCUT2D eigenvalue weighted by molar-refractivity contribution is 5.96. The second kappa shape index (κ2) is 8.02. The lowest BCUT2D eigenvalue weighted by molar-refractivity contribution is 0.0950. The van der Waals surface area contributed by atoms with Crippen LogP contribution in [0.4, 0.5) is 5.69 Å². The van der Waals surface area contributed by atoms with Gasteiger partial charge in [0.15, 0.2) is 0 Å². The Hall–Kier alpha value is -2.56. The number of ether oxygens (including phenoxy) is 1. The van der Waals surface area contributed by atoms with E-state index < -0.39 is 0 Å². The number of carbonyl (C=O) groups excluding carboxylic acids is 1. The van der Waals surface area contributed by atoms with Crippen molar-refractivity contribution in [3.8, 4) is 5.88 Å². The standard InChI is InChI=1S/C17H21N3O2/c1-3-22-17-15(10-7-11-19-17)16(21)18-12-13-20(2)14-8-5-4-6-9-14/h4-11H,3,12-13H2,1-2H3,(H,18,21). The molecule has 116 valence electrons. The number of benzene rings is 1. The number of hydrogen-bond donors (Lipinski definition) is 1. The second-order valence-electron chi connectivity index (χ2n) is 4.80.